The molecule has 0 radical (unpaired) electrons. The van der Waals surface area contributed by atoms with Gasteiger partial charge in [-0.25, -0.2) is 4.79 Å². The standard InChI is InChI=1S/C17H17N3O2/c1-10-7-16-11(9-18-20(16)12-3-4-12)8-13(10)14-5-6-15(19-14)17(21)22-2/h5-9,12,19H,3-4H2,1-2H3. The molecule has 0 atom stereocenters. The lowest BCUT2D eigenvalue weighted by Gasteiger charge is -2.06. The number of aromatic nitrogens is 3. The van der Waals surface area contributed by atoms with Crippen molar-refractivity contribution in [2.45, 2.75) is 25.8 Å². The highest BCUT2D eigenvalue weighted by Gasteiger charge is 2.26. The molecule has 1 N–H and O–H groups in total. The summed E-state index contributed by atoms with van der Waals surface area (Å²) in [6, 6.07) is 8.53. The molecule has 1 saturated carbocycles. The van der Waals surface area contributed by atoms with Gasteiger partial charge >= 0.3 is 5.97 Å². The molecule has 0 unspecified atom stereocenters. The molecule has 2 heterocycles. The average Bonchev–Trinajstić information content (AvgIpc) is 3.10. The zero-order valence-electron chi connectivity index (χ0n) is 12.6. The first-order valence-electron chi connectivity index (χ1n) is 7.43. The Bertz CT molecular complexity index is 871. The fourth-order valence-corrected chi connectivity index (χ4v) is 2.88. The first-order chi connectivity index (χ1) is 10.7. The number of carbonyl (C=O) groups excluding carboxylic acids is 1. The number of benzene rings is 1. The van der Waals surface area contributed by atoms with Crippen LogP contribution in [0.1, 0.15) is 34.9 Å². The number of ether oxygens (including phenoxy) is 1. The van der Waals surface area contributed by atoms with Crippen molar-refractivity contribution in [3.05, 3.63) is 41.7 Å². The van der Waals surface area contributed by atoms with Crippen molar-refractivity contribution in [1.82, 2.24) is 14.8 Å². The Kier molecular flexibility index (Phi) is 2.82. The highest BCUT2D eigenvalue weighted by atomic mass is 16.5. The number of nitrogens with zero attached hydrogens (tertiary/aromatic N) is 2. The van der Waals surface area contributed by atoms with Gasteiger partial charge in [0.25, 0.3) is 0 Å². The van der Waals surface area contributed by atoms with Crippen molar-refractivity contribution in [2.75, 3.05) is 7.11 Å². The first kappa shape index (κ1) is 13.1. The zero-order chi connectivity index (χ0) is 15.3. The van der Waals surface area contributed by atoms with Crippen LogP contribution in [-0.4, -0.2) is 27.8 Å². The van der Waals surface area contributed by atoms with Gasteiger partial charge < -0.3 is 9.72 Å². The minimum absolute atomic E-state index is 0.355. The lowest BCUT2D eigenvalue weighted by Crippen LogP contribution is -2.01. The Balaban J connectivity index is 1.79. The summed E-state index contributed by atoms with van der Waals surface area (Å²) in [5.41, 5.74) is 4.80. The molecule has 112 valence electrons. The summed E-state index contributed by atoms with van der Waals surface area (Å²) in [4.78, 5) is 14.7. The predicted molar refractivity (Wildman–Crippen MR) is 83.9 cm³/mol. The molecule has 0 amide bonds. The average molecular weight is 295 g/mol. The van der Waals surface area contributed by atoms with E-state index in [-0.39, 0.29) is 5.97 Å². The van der Waals surface area contributed by atoms with Crippen LogP contribution in [0.3, 0.4) is 0 Å². The summed E-state index contributed by atoms with van der Waals surface area (Å²) in [7, 11) is 1.38. The number of methoxy groups -OCH3 is 1. The Morgan fingerprint density at radius 3 is 2.91 bits per heavy atom. The number of fused-ring (bicyclic) bond motifs is 1. The molecule has 1 aliphatic rings. The predicted octanol–water partition coefficient (Wildman–Crippen LogP) is 3.46. The number of nitrogens with one attached hydrogen (secondary N) is 1. The van der Waals surface area contributed by atoms with Gasteiger partial charge in [0.2, 0.25) is 0 Å². The van der Waals surface area contributed by atoms with E-state index in [0.29, 0.717) is 11.7 Å². The molecule has 3 aromatic rings. The van der Waals surface area contributed by atoms with Crippen LogP contribution in [0.25, 0.3) is 22.2 Å². The third kappa shape index (κ3) is 2.01. The number of H-pyrrole nitrogens is 1. The Hall–Kier alpha value is -2.56. The fraction of sp³-hybridized carbons (Fsp3) is 0.294. The summed E-state index contributed by atoms with van der Waals surface area (Å²) >= 11 is 0. The van der Waals surface area contributed by atoms with E-state index in [2.05, 4.69) is 33.8 Å². The highest BCUT2D eigenvalue weighted by molar-refractivity contribution is 5.90. The number of carbonyl (C=O) groups is 1. The first-order valence-corrected chi connectivity index (χ1v) is 7.43. The van der Waals surface area contributed by atoms with E-state index >= 15 is 0 Å². The van der Waals surface area contributed by atoms with Gasteiger partial charge in [0.15, 0.2) is 0 Å². The second kappa shape index (κ2) is 4.73. The molecule has 1 aromatic carbocycles. The Morgan fingerprint density at radius 2 is 2.18 bits per heavy atom. The lowest BCUT2D eigenvalue weighted by molar-refractivity contribution is 0.0595. The Labute approximate surface area is 127 Å². The summed E-state index contributed by atoms with van der Waals surface area (Å²) < 4.78 is 6.86. The van der Waals surface area contributed by atoms with Gasteiger partial charge in [-0.3, -0.25) is 4.68 Å². The van der Waals surface area contributed by atoms with Gasteiger partial charge in [-0.1, -0.05) is 0 Å². The van der Waals surface area contributed by atoms with E-state index in [4.69, 9.17) is 4.74 Å². The maximum absolute atomic E-state index is 11.6. The van der Waals surface area contributed by atoms with E-state index in [9.17, 15) is 4.79 Å². The second-order valence-corrected chi connectivity index (χ2v) is 5.82. The molecule has 0 aliphatic heterocycles. The molecular weight excluding hydrogens is 278 g/mol. The molecule has 5 heteroatoms. The number of rotatable bonds is 3. The molecule has 2 aromatic heterocycles. The SMILES string of the molecule is COC(=O)c1ccc(-c2cc3cnn(C4CC4)c3cc2C)[nH]1. The van der Waals surface area contributed by atoms with Crippen LogP contribution >= 0.6 is 0 Å². The van der Waals surface area contributed by atoms with Crippen LogP contribution in [-0.2, 0) is 4.74 Å². The van der Waals surface area contributed by atoms with Gasteiger partial charge in [-0.2, -0.15) is 5.10 Å². The molecular formula is C17H17N3O2. The number of hydrogen-bond acceptors (Lipinski definition) is 3. The molecule has 4 rings (SSSR count). The van der Waals surface area contributed by atoms with Crippen LogP contribution in [0.2, 0.25) is 0 Å². The van der Waals surface area contributed by atoms with Crippen molar-refractivity contribution < 1.29 is 9.53 Å². The number of esters is 1. The van der Waals surface area contributed by atoms with Crippen LogP contribution in [0.4, 0.5) is 0 Å². The molecule has 22 heavy (non-hydrogen) atoms. The molecule has 0 saturated heterocycles. The molecule has 5 nitrogen and oxygen atoms in total. The minimum atomic E-state index is -0.355. The second-order valence-electron chi connectivity index (χ2n) is 5.82. The highest BCUT2D eigenvalue weighted by Crippen LogP contribution is 2.38. The summed E-state index contributed by atoms with van der Waals surface area (Å²) in [6.07, 6.45) is 4.36. The van der Waals surface area contributed by atoms with Gasteiger partial charge in [-0.05, 0) is 49.6 Å². The normalized spacial score (nSPS) is 14.5. The quantitative estimate of drug-likeness (QED) is 0.753. The topological polar surface area (TPSA) is 59.9 Å². The smallest absolute Gasteiger partial charge is 0.354 e. The third-order valence-electron chi connectivity index (χ3n) is 4.22. The maximum Gasteiger partial charge on any atom is 0.354 e. The molecule has 0 bridgehead atoms. The monoisotopic (exact) mass is 295 g/mol. The van der Waals surface area contributed by atoms with Crippen molar-refractivity contribution in [3.63, 3.8) is 0 Å². The van der Waals surface area contributed by atoms with Gasteiger partial charge in [0.1, 0.15) is 5.69 Å². The van der Waals surface area contributed by atoms with E-state index in [1.165, 1.54) is 25.5 Å². The summed E-state index contributed by atoms with van der Waals surface area (Å²) in [5.74, 6) is -0.355. The van der Waals surface area contributed by atoms with E-state index in [1.54, 1.807) is 6.07 Å². The van der Waals surface area contributed by atoms with Gasteiger partial charge in [0.05, 0.1) is 24.9 Å². The van der Waals surface area contributed by atoms with Crippen LogP contribution in [0, 0.1) is 6.92 Å². The van der Waals surface area contributed by atoms with Gasteiger partial charge in [-0.15, -0.1) is 0 Å². The largest absolute Gasteiger partial charge is 0.464 e. The number of hydrogen-bond donors (Lipinski definition) is 1. The zero-order valence-corrected chi connectivity index (χ0v) is 12.6. The minimum Gasteiger partial charge on any atom is -0.464 e. The van der Waals surface area contributed by atoms with E-state index in [1.807, 2.05) is 12.3 Å². The fourth-order valence-electron chi connectivity index (χ4n) is 2.88. The summed E-state index contributed by atoms with van der Waals surface area (Å²) in [6.45, 7) is 2.08. The molecule has 0 spiro atoms. The van der Waals surface area contributed by atoms with Gasteiger partial charge in [0, 0.05) is 16.6 Å². The lowest BCUT2D eigenvalue weighted by atomic mass is 10.0. The molecule has 1 fully saturated rings. The summed E-state index contributed by atoms with van der Waals surface area (Å²) in [5, 5.41) is 5.64. The van der Waals surface area contributed by atoms with Crippen molar-refractivity contribution in [1.29, 1.82) is 0 Å². The van der Waals surface area contributed by atoms with Crippen LogP contribution < -0.4 is 0 Å². The Morgan fingerprint density at radius 1 is 1.36 bits per heavy atom. The van der Waals surface area contributed by atoms with Crippen molar-refractivity contribution in [2.24, 2.45) is 0 Å². The van der Waals surface area contributed by atoms with E-state index in [0.717, 1.165) is 22.2 Å². The third-order valence-corrected chi connectivity index (χ3v) is 4.22. The van der Waals surface area contributed by atoms with Crippen LogP contribution in [0.5, 0.6) is 0 Å². The number of aromatic amines is 1. The van der Waals surface area contributed by atoms with Crippen molar-refractivity contribution in [3.8, 4) is 11.3 Å². The number of aryl methyl sites for hydroxylation is 1. The van der Waals surface area contributed by atoms with Crippen molar-refractivity contribution >= 4 is 16.9 Å². The maximum atomic E-state index is 11.6. The molecule has 1 aliphatic carbocycles. The van der Waals surface area contributed by atoms with Crippen LogP contribution in [0.15, 0.2) is 30.5 Å². The van der Waals surface area contributed by atoms with E-state index < -0.39 is 0 Å².